The molecule has 17 heavy (non-hydrogen) atoms. The van der Waals surface area contributed by atoms with Gasteiger partial charge >= 0.3 is 6.18 Å². The Balaban J connectivity index is 3.09. The smallest absolute Gasteiger partial charge is 0.398 e. The van der Waals surface area contributed by atoms with E-state index in [2.05, 4.69) is 4.98 Å². The maximum absolute atomic E-state index is 12.1. The Labute approximate surface area is 96.1 Å². The second kappa shape index (κ2) is 4.49. The minimum absolute atomic E-state index is 0.144. The molecule has 0 fully saturated rings. The van der Waals surface area contributed by atoms with E-state index in [0.717, 1.165) is 13.2 Å². The first-order chi connectivity index (χ1) is 7.64. The molecule has 0 radical (unpaired) electrons. The highest BCUT2D eigenvalue weighted by Gasteiger charge is 2.35. The van der Waals surface area contributed by atoms with Crippen molar-refractivity contribution in [2.45, 2.75) is 11.1 Å². The number of nitrogens with two attached hydrogens (primary N) is 1. The normalized spacial score (nSPS) is 13.0. The van der Waals surface area contributed by atoms with Crippen LogP contribution in [0, 0.1) is 0 Å². The molecule has 0 spiro atoms. The Hall–Kier alpha value is -1.35. The number of hydrogen-bond acceptors (Lipinski definition) is 4. The van der Waals surface area contributed by atoms with Crippen LogP contribution in [0.2, 0.25) is 0 Å². The van der Waals surface area contributed by atoms with E-state index in [-0.39, 0.29) is 9.99 Å². The predicted octanol–water partition coefficient (Wildman–Crippen LogP) is 0.847. The topological polar surface area (TPSA) is 76.3 Å². The van der Waals surface area contributed by atoms with Gasteiger partial charge in [-0.1, -0.05) is 0 Å². The highest BCUT2D eigenvalue weighted by molar-refractivity contribution is 7.89. The molecule has 1 aromatic heterocycles. The molecule has 0 atom stereocenters. The molecule has 2 N–H and O–H groups in total. The van der Waals surface area contributed by atoms with Crippen molar-refractivity contribution in [1.29, 1.82) is 0 Å². The van der Waals surface area contributed by atoms with Crippen LogP contribution in [0.1, 0.15) is 0 Å². The molecule has 0 bridgehead atoms. The van der Waals surface area contributed by atoms with Gasteiger partial charge in [-0.25, -0.2) is 8.42 Å². The molecule has 1 aromatic rings. The van der Waals surface area contributed by atoms with Gasteiger partial charge in [-0.15, -0.1) is 0 Å². The average Bonchev–Trinajstić information content (AvgIpc) is 2.15. The van der Waals surface area contributed by atoms with E-state index < -0.39 is 27.6 Å². The first kappa shape index (κ1) is 13.7. The quantitative estimate of drug-likeness (QED) is 0.882. The number of nitrogens with zero attached hydrogens (tertiary/aromatic N) is 2. The fourth-order valence-corrected chi connectivity index (χ4v) is 2.32. The van der Waals surface area contributed by atoms with Gasteiger partial charge in [-0.05, 0) is 6.07 Å². The molecule has 0 aromatic carbocycles. The van der Waals surface area contributed by atoms with Crippen LogP contribution in [0.5, 0.6) is 0 Å². The fraction of sp³-hybridized carbons (Fsp3) is 0.375. The van der Waals surface area contributed by atoms with Crippen molar-refractivity contribution < 1.29 is 21.6 Å². The summed E-state index contributed by atoms with van der Waals surface area (Å²) in [5.41, 5.74) is 5.24. The number of halogens is 3. The number of aromatic nitrogens is 1. The largest absolute Gasteiger partial charge is 0.402 e. The minimum Gasteiger partial charge on any atom is -0.398 e. The van der Waals surface area contributed by atoms with Gasteiger partial charge in [0, 0.05) is 19.4 Å². The monoisotopic (exact) mass is 269 g/mol. The zero-order valence-electron chi connectivity index (χ0n) is 8.77. The lowest BCUT2D eigenvalue weighted by Gasteiger charge is -2.19. The third kappa shape index (κ3) is 3.30. The molecule has 0 saturated heterocycles. The number of nitrogen functional groups attached to an aromatic ring is 1. The van der Waals surface area contributed by atoms with E-state index in [1.807, 2.05) is 0 Å². The Morgan fingerprint density at radius 2 is 2.06 bits per heavy atom. The van der Waals surface area contributed by atoms with Gasteiger partial charge in [-0.2, -0.15) is 17.5 Å². The Morgan fingerprint density at radius 1 is 1.47 bits per heavy atom. The van der Waals surface area contributed by atoms with Crippen molar-refractivity contribution in [2.75, 3.05) is 19.3 Å². The molecule has 0 aliphatic heterocycles. The molecule has 0 saturated carbocycles. The third-order valence-electron chi connectivity index (χ3n) is 1.91. The van der Waals surface area contributed by atoms with E-state index in [4.69, 9.17) is 5.73 Å². The number of anilines is 1. The third-order valence-corrected chi connectivity index (χ3v) is 3.75. The van der Waals surface area contributed by atoms with Gasteiger partial charge in [0.25, 0.3) is 0 Å². The molecule has 1 rings (SSSR count). The van der Waals surface area contributed by atoms with Crippen molar-refractivity contribution in [2.24, 2.45) is 0 Å². The molecule has 0 unspecified atom stereocenters. The molecule has 5 nitrogen and oxygen atoms in total. The SMILES string of the molecule is CN(CC(F)(F)F)S(=O)(=O)c1cnccc1N. The maximum atomic E-state index is 12.1. The number of rotatable bonds is 3. The number of hydrogen-bond donors (Lipinski definition) is 1. The van der Waals surface area contributed by atoms with Crippen molar-refractivity contribution in [3.05, 3.63) is 18.5 Å². The summed E-state index contributed by atoms with van der Waals surface area (Å²) in [5.74, 6) is 0. The highest BCUT2D eigenvalue weighted by atomic mass is 32.2. The van der Waals surface area contributed by atoms with Crippen LogP contribution < -0.4 is 5.73 Å². The van der Waals surface area contributed by atoms with Gasteiger partial charge in [0.15, 0.2) is 0 Å². The molecular weight excluding hydrogens is 259 g/mol. The highest BCUT2D eigenvalue weighted by Crippen LogP contribution is 2.23. The lowest BCUT2D eigenvalue weighted by atomic mass is 10.4. The number of alkyl halides is 3. The summed E-state index contributed by atoms with van der Waals surface area (Å²) in [7, 11) is -3.45. The van der Waals surface area contributed by atoms with Crippen molar-refractivity contribution in [1.82, 2.24) is 9.29 Å². The summed E-state index contributed by atoms with van der Waals surface area (Å²) in [6.45, 7) is -1.58. The predicted molar refractivity (Wildman–Crippen MR) is 54.5 cm³/mol. The van der Waals surface area contributed by atoms with Gasteiger partial charge < -0.3 is 5.73 Å². The van der Waals surface area contributed by atoms with E-state index >= 15 is 0 Å². The minimum atomic E-state index is -4.61. The van der Waals surface area contributed by atoms with Crippen LogP contribution in [0.3, 0.4) is 0 Å². The van der Waals surface area contributed by atoms with E-state index in [1.165, 1.54) is 12.3 Å². The van der Waals surface area contributed by atoms with Crippen LogP contribution in [0.25, 0.3) is 0 Å². The standard InChI is InChI=1S/C8H10F3N3O2S/c1-14(5-8(9,10)11)17(15,16)7-4-13-3-2-6(7)12/h2-4H,5H2,1H3,(H2,12,13). The van der Waals surface area contributed by atoms with Gasteiger partial charge in [0.2, 0.25) is 10.0 Å². The van der Waals surface area contributed by atoms with Gasteiger partial charge in [0.1, 0.15) is 11.4 Å². The molecule has 0 aliphatic rings. The Morgan fingerprint density at radius 3 is 2.53 bits per heavy atom. The zero-order valence-corrected chi connectivity index (χ0v) is 9.59. The lowest BCUT2D eigenvalue weighted by molar-refractivity contribution is -0.134. The van der Waals surface area contributed by atoms with Crippen molar-refractivity contribution in [3.8, 4) is 0 Å². The van der Waals surface area contributed by atoms with Crippen LogP contribution >= 0.6 is 0 Å². The number of sulfonamides is 1. The fourth-order valence-electron chi connectivity index (χ4n) is 1.11. The molecule has 1 heterocycles. The van der Waals surface area contributed by atoms with Gasteiger partial charge in [0.05, 0.1) is 5.69 Å². The van der Waals surface area contributed by atoms with Crippen LogP contribution in [-0.2, 0) is 10.0 Å². The summed E-state index contributed by atoms with van der Waals surface area (Å²) in [5, 5.41) is 0. The average molecular weight is 269 g/mol. The van der Waals surface area contributed by atoms with Crippen LogP contribution in [-0.4, -0.2) is 37.5 Å². The first-order valence-corrected chi connectivity index (χ1v) is 5.81. The summed E-state index contributed by atoms with van der Waals surface area (Å²) in [4.78, 5) is 3.09. The second-order valence-corrected chi connectivity index (χ2v) is 5.30. The molecule has 0 amide bonds. The summed E-state index contributed by atoms with van der Waals surface area (Å²) in [6, 6.07) is 1.20. The van der Waals surface area contributed by atoms with Gasteiger partial charge in [-0.3, -0.25) is 4.98 Å². The molecule has 96 valence electrons. The molecular formula is C8H10F3N3O2S. The van der Waals surface area contributed by atoms with E-state index in [0.29, 0.717) is 0 Å². The second-order valence-electron chi connectivity index (χ2n) is 3.29. The lowest BCUT2D eigenvalue weighted by Crippen LogP contribution is -2.36. The van der Waals surface area contributed by atoms with Crippen LogP contribution in [0.15, 0.2) is 23.4 Å². The maximum Gasteiger partial charge on any atom is 0.402 e. The summed E-state index contributed by atoms with van der Waals surface area (Å²) < 4.78 is 60.0. The summed E-state index contributed by atoms with van der Waals surface area (Å²) in [6.07, 6.45) is -2.45. The first-order valence-electron chi connectivity index (χ1n) is 4.37. The summed E-state index contributed by atoms with van der Waals surface area (Å²) >= 11 is 0. The van der Waals surface area contributed by atoms with E-state index in [1.54, 1.807) is 0 Å². The molecule has 9 heteroatoms. The Kier molecular flexibility index (Phi) is 3.62. The number of pyridine rings is 1. The van der Waals surface area contributed by atoms with Crippen molar-refractivity contribution in [3.63, 3.8) is 0 Å². The van der Waals surface area contributed by atoms with E-state index in [9.17, 15) is 21.6 Å². The van der Waals surface area contributed by atoms with Crippen LogP contribution in [0.4, 0.5) is 18.9 Å². The Bertz CT molecular complexity index is 501. The molecule has 0 aliphatic carbocycles. The zero-order chi connectivity index (χ0) is 13.3. The van der Waals surface area contributed by atoms with Crippen molar-refractivity contribution >= 4 is 15.7 Å².